The molecule has 0 spiro atoms. The lowest BCUT2D eigenvalue weighted by Crippen LogP contribution is -2.21. The molecule has 0 fully saturated rings. The van der Waals surface area contributed by atoms with Gasteiger partial charge in [0.15, 0.2) is 0 Å². The van der Waals surface area contributed by atoms with E-state index in [-0.39, 0.29) is 11.7 Å². The van der Waals surface area contributed by atoms with Crippen LogP contribution in [0, 0.1) is 0 Å². The molecular weight excluding hydrogens is 306 g/mol. The lowest BCUT2D eigenvalue weighted by atomic mass is 9.85. The molecule has 116 valence electrons. The standard InChI is InChI=1S/C20H18ClNO/c21-19-10-14-8-9-22-12-18(17(14)11-20(19)23)16-7-3-5-13-4-1-2-6-15(13)16/h1-7,10-11,18,22-23H,8-9,12H2. The first-order valence-corrected chi connectivity index (χ1v) is 8.31. The van der Waals surface area contributed by atoms with Crippen molar-refractivity contribution >= 4 is 22.4 Å². The Morgan fingerprint density at radius 2 is 1.83 bits per heavy atom. The summed E-state index contributed by atoms with van der Waals surface area (Å²) in [4.78, 5) is 0. The van der Waals surface area contributed by atoms with Crippen molar-refractivity contribution in [3.8, 4) is 5.75 Å². The molecule has 0 radical (unpaired) electrons. The van der Waals surface area contributed by atoms with Gasteiger partial charge in [0.05, 0.1) is 5.02 Å². The summed E-state index contributed by atoms with van der Waals surface area (Å²) in [6.07, 6.45) is 0.927. The Labute approximate surface area is 140 Å². The van der Waals surface area contributed by atoms with Gasteiger partial charge in [0.2, 0.25) is 0 Å². The quantitative estimate of drug-likeness (QED) is 0.692. The Morgan fingerprint density at radius 1 is 1.00 bits per heavy atom. The Morgan fingerprint density at radius 3 is 2.74 bits per heavy atom. The lowest BCUT2D eigenvalue weighted by Gasteiger charge is -2.21. The molecule has 0 bridgehead atoms. The Kier molecular flexibility index (Phi) is 3.72. The molecule has 3 aromatic rings. The molecule has 2 N–H and O–H groups in total. The zero-order valence-corrected chi connectivity index (χ0v) is 13.5. The number of phenolic OH excluding ortho intramolecular Hbond substituents is 1. The Bertz CT molecular complexity index is 869. The fourth-order valence-corrected chi connectivity index (χ4v) is 3.76. The van der Waals surface area contributed by atoms with Crippen molar-refractivity contribution in [2.24, 2.45) is 0 Å². The molecule has 0 saturated carbocycles. The number of phenols is 1. The van der Waals surface area contributed by atoms with E-state index in [1.165, 1.54) is 27.5 Å². The van der Waals surface area contributed by atoms with Gasteiger partial charge in [-0.25, -0.2) is 0 Å². The number of hydrogen-bond acceptors (Lipinski definition) is 2. The molecule has 1 atom stereocenters. The zero-order valence-electron chi connectivity index (χ0n) is 12.7. The summed E-state index contributed by atoms with van der Waals surface area (Å²) in [7, 11) is 0. The molecule has 3 aromatic carbocycles. The largest absolute Gasteiger partial charge is 0.506 e. The number of nitrogens with one attached hydrogen (secondary N) is 1. The van der Waals surface area contributed by atoms with Gasteiger partial charge in [0.25, 0.3) is 0 Å². The lowest BCUT2D eigenvalue weighted by molar-refractivity contribution is 0.474. The minimum Gasteiger partial charge on any atom is -0.506 e. The molecule has 0 aliphatic carbocycles. The molecule has 1 heterocycles. The van der Waals surface area contributed by atoms with Gasteiger partial charge in [-0.3, -0.25) is 0 Å². The molecule has 4 rings (SSSR count). The number of fused-ring (bicyclic) bond motifs is 2. The first kappa shape index (κ1) is 14.6. The number of halogens is 1. The van der Waals surface area contributed by atoms with E-state index in [1.54, 1.807) is 0 Å². The minimum absolute atomic E-state index is 0.164. The fraction of sp³-hybridized carbons (Fsp3) is 0.200. The van der Waals surface area contributed by atoms with Gasteiger partial charge < -0.3 is 10.4 Å². The maximum atomic E-state index is 10.1. The van der Waals surface area contributed by atoms with Crippen LogP contribution in [0.1, 0.15) is 22.6 Å². The molecule has 0 aromatic heterocycles. The fourth-order valence-electron chi connectivity index (χ4n) is 3.57. The topological polar surface area (TPSA) is 32.3 Å². The highest BCUT2D eigenvalue weighted by Crippen LogP contribution is 2.37. The smallest absolute Gasteiger partial charge is 0.134 e. The molecule has 2 nitrogen and oxygen atoms in total. The second-order valence-electron chi connectivity index (χ2n) is 6.08. The second kappa shape index (κ2) is 5.88. The summed E-state index contributed by atoms with van der Waals surface area (Å²) < 4.78 is 0. The van der Waals surface area contributed by atoms with E-state index in [4.69, 9.17) is 11.6 Å². The van der Waals surface area contributed by atoms with Crippen LogP contribution in [-0.2, 0) is 6.42 Å². The van der Waals surface area contributed by atoms with Crippen LogP contribution in [0.15, 0.2) is 54.6 Å². The van der Waals surface area contributed by atoms with E-state index in [9.17, 15) is 5.11 Å². The maximum Gasteiger partial charge on any atom is 0.134 e. The zero-order chi connectivity index (χ0) is 15.8. The molecule has 0 saturated heterocycles. The monoisotopic (exact) mass is 323 g/mol. The average molecular weight is 324 g/mol. The van der Waals surface area contributed by atoms with Crippen LogP contribution in [0.5, 0.6) is 5.75 Å². The molecule has 1 unspecified atom stereocenters. The first-order valence-electron chi connectivity index (χ1n) is 7.93. The summed E-state index contributed by atoms with van der Waals surface area (Å²) in [5.74, 6) is 0.374. The van der Waals surface area contributed by atoms with Gasteiger partial charge in [-0.15, -0.1) is 0 Å². The van der Waals surface area contributed by atoms with Gasteiger partial charge in [-0.1, -0.05) is 54.1 Å². The van der Waals surface area contributed by atoms with Gasteiger partial charge >= 0.3 is 0 Å². The molecule has 1 aliphatic heterocycles. The molecule has 3 heteroatoms. The summed E-state index contributed by atoms with van der Waals surface area (Å²) in [6, 6.07) is 18.7. The van der Waals surface area contributed by atoms with Gasteiger partial charge in [-0.05, 0) is 52.6 Å². The van der Waals surface area contributed by atoms with Crippen LogP contribution in [0.25, 0.3) is 10.8 Å². The van der Waals surface area contributed by atoms with Crippen molar-refractivity contribution in [2.75, 3.05) is 13.1 Å². The van der Waals surface area contributed by atoms with Gasteiger partial charge in [0.1, 0.15) is 5.75 Å². The normalized spacial score (nSPS) is 17.7. The Hall–Kier alpha value is -2.03. The molecule has 0 amide bonds. The first-order chi connectivity index (χ1) is 11.2. The molecular formula is C20H18ClNO. The molecule has 23 heavy (non-hydrogen) atoms. The van der Waals surface area contributed by atoms with Gasteiger partial charge in [-0.2, -0.15) is 0 Å². The predicted molar refractivity (Wildman–Crippen MR) is 95.5 cm³/mol. The van der Waals surface area contributed by atoms with Crippen molar-refractivity contribution < 1.29 is 5.11 Å². The van der Waals surface area contributed by atoms with Crippen molar-refractivity contribution in [1.29, 1.82) is 0 Å². The van der Waals surface area contributed by atoms with E-state index < -0.39 is 0 Å². The highest BCUT2D eigenvalue weighted by Gasteiger charge is 2.23. The summed E-state index contributed by atoms with van der Waals surface area (Å²) >= 11 is 6.12. The summed E-state index contributed by atoms with van der Waals surface area (Å²) in [6.45, 7) is 1.79. The number of rotatable bonds is 1. The van der Waals surface area contributed by atoms with E-state index in [2.05, 4.69) is 47.8 Å². The maximum absolute atomic E-state index is 10.1. The number of benzene rings is 3. The van der Waals surface area contributed by atoms with E-state index in [1.807, 2.05) is 12.1 Å². The molecule has 1 aliphatic rings. The third-order valence-corrected chi connectivity index (χ3v) is 5.01. The number of aromatic hydroxyl groups is 1. The van der Waals surface area contributed by atoms with Gasteiger partial charge in [0, 0.05) is 12.5 Å². The average Bonchev–Trinajstić information content (AvgIpc) is 2.77. The van der Waals surface area contributed by atoms with Crippen LogP contribution in [0.4, 0.5) is 0 Å². The van der Waals surface area contributed by atoms with Crippen LogP contribution in [-0.4, -0.2) is 18.2 Å². The second-order valence-corrected chi connectivity index (χ2v) is 6.48. The van der Waals surface area contributed by atoms with Crippen LogP contribution < -0.4 is 5.32 Å². The van der Waals surface area contributed by atoms with Crippen LogP contribution >= 0.6 is 11.6 Å². The van der Waals surface area contributed by atoms with Crippen LogP contribution in [0.3, 0.4) is 0 Å². The van der Waals surface area contributed by atoms with E-state index in [0.717, 1.165) is 19.5 Å². The van der Waals surface area contributed by atoms with Crippen molar-refractivity contribution in [3.63, 3.8) is 0 Å². The predicted octanol–water partition coefficient (Wildman–Crippen LogP) is 4.48. The SMILES string of the molecule is Oc1cc2c(cc1Cl)CCNCC2c1cccc2ccccc12. The third kappa shape index (κ3) is 2.58. The van der Waals surface area contributed by atoms with E-state index in [0.29, 0.717) is 5.02 Å². The van der Waals surface area contributed by atoms with Crippen molar-refractivity contribution in [3.05, 3.63) is 76.3 Å². The minimum atomic E-state index is 0.164. The van der Waals surface area contributed by atoms with Crippen molar-refractivity contribution in [1.82, 2.24) is 5.32 Å². The summed E-state index contributed by atoms with van der Waals surface area (Å²) in [5, 5.41) is 16.6. The van der Waals surface area contributed by atoms with E-state index >= 15 is 0 Å². The van der Waals surface area contributed by atoms with Crippen molar-refractivity contribution in [2.45, 2.75) is 12.3 Å². The highest BCUT2D eigenvalue weighted by atomic mass is 35.5. The van der Waals surface area contributed by atoms with Crippen LogP contribution in [0.2, 0.25) is 5.02 Å². The summed E-state index contributed by atoms with van der Waals surface area (Å²) in [5.41, 5.74) is 3.68. The Balaban J connectivity index is 1.93. The third-order valence-electron chi connectivity index (χ3n) is 4.70. The number of hydrogen-bond donors (Lipinski definition) is 2. The highest BCUT2D eigenvalue weighted by molar-refractivity contribution is 6.32.